The maximum Gasteiger partial charge on any atom is 0.411 e. The number of hydrogen-bond acceptors (Lipinski definition) is 6. The Morgan fingerprint density at radius 2 is 2.00 bits per heavy atom. The monoisotopic (exact) mass is 283 g/mol. The van der Waals surface area contributed by atoms with E-state index in [0.717, 1.165) is 7.11 Å². The summed E-state index contributed by atoms with van der Waals surface area (Å²) in [5, 5.41) is 0. The molecular formula is C10H12F3NO5. The molecule has 0 aliphatic heterocycles. The molecule has 6 nitrogen and oxygen atoms in total. The zero-order valence-electron chi connectivity index (χ0n) is 10.2. The first-order valence-corrected chi connectivity index (χ1v) is 5.07. The van der Waals surface area contributed by atoms with Gasteiger partial charge in [-0.1, -0.05) is 0 Å². The molecule has 1 heterocycles. The van der Waals surface area contributed by atoms with Crippen LogP contribution in [-0.4, -0.2) is 38.0 Å². The highest BCUT2D eigenvalue weighted by molar-refractivity contribution is 5.87. The average Bonchev–Trinajstić information content (AvgIpc) is 2.70. The minimum absolute atomic E-state index is 0.0345. The van der Waals surface area contributed by atoms with Gasteiger partial charge in [0.1, 0.15) is 18.9 Å². The molecule has 0 atom stereocenters. The third-order valence-corrected chi connectivity index (χ3v) is 1.88. The minimum atomic E-state index is -4.44. The predicted molar refractivity (Wildman–Crippen MR) is 54.3 cm³/mol. The number of carbonyl (C=O) groups is 1. The van der Waals surface area contributed by atoms with E-state index in [-0.39, 0.29) is 24.0 Å². The highest BCUT2D eigenvalue weighted by atomic mass is 19.4. The Balaban J connectivity index is 2.72. The zero-order chi connectivity index (χ0) is 14.5. The normalized spacial score (nSPS) is 11.6. The molecule has 0 radical (unpaired) electrons. The number of carbonyl (C=O) groups excluding carboxylic acids is 1. The molecular weight excluding hydrogens is 271 g/mol. The molecule has 0 aliphatic carbocycles. The lowest BCUT2D eigenvalue weighted by molar-refractivity contribution is -0.177. The topological polar surface area (TPSA) is 70.8 Å². The van der Waals surface area contributed by atoms with Gasteiger partial charge in [0.15, 0.2) is 0 Å². The molecule has 0 aliphatic rings. The Labute approximate surface area is 106 Å². The molecule has 0 bridgehead atoms. The largest absolute Gasteiger partial charge is 0.463 e. The lowest BCUT2D eigenvalue weighted by atomic mass is 10.3. The second-order valence-corrected chi connectivity index (χ2v) is 3.42. The van der Waals surface area contributed by atoms with Gasteiger partial charge in [-0.2, -0.15) is 13.2 Å². The van der Waals surface area contributed by atoms with Gasteiger partial charge in [-0.15, -0.1) is 0 Å². The van der Waals surface area contributed by atoms with Gasteiger partial charge in [-0.05, 0) is 0 Å². The van der Waals surface area contributed by atoms with Gasteiger partial charge in [-0.25, -0.2) is 9.78 Å². The van der Waals surface area contributed by atoms with Crippen molar-refractivity contribution in [2.75, 3.05) is 20.8 Å². The number of aromatic nitrogens is 1. The Morgan fingerprint density at radius 3 is 2.53 bits per heavy atom. The third-order valence-electron chi connectivity index (χ3n) is 1.88. The van der Waals surface area contributed by atoms with Crippen LogP contribution in [0.5, 0.6) is 0 Å². The first-order valence-electron chi connectivity index (χ1n) is 5.07. The summed E-state index contributed by atoms with van der Waals surface area (Å²) in [4.78, 5) is 15.1. The summed E-state index contributed by atoms with van der Waals surface area (Å²) in [6.45, 7) is -1.97. The molecule has 0 fully saturated rings. The van der Waals surface area contributed by atoms with Crippen molar-refractivity contribution in [1.29, 1.82) is 0 Å². The van der Waals surface area contributed by atoms with Gasteiger partial charge in [0.05, 0.1) is 13.7 Å². The summed E-state index contributed by atoms with van der Waals surface area (Å²) < 4.78 is 54.2. The number of ether oxygens (including phenoxy) is 3. The number of esters is 1. The van der Waals surface area contributed by atoms with E-state index in [1.165, 1.54) is 7.11 Å². The van der Waals surface area contributed by atoms with Gasteiger partial charge in [0.25, 0.3) is 0 Å². The van der Waals surface area contributed by atoms with Crippen LogP contribution in [0.25, 0.3) is 0 Å². The Hall–Kier alpha value is -1.61. The Morgan fingerprint density at radius 1 is 1.32 bits per heavy atom. The first-order chi connectivity index (χ1) is 8.87. The molecule has 1 aromatic heterocycles. The van der Waals surface area contributed by atoms with E-state index in [1.807, 2.05) is 0 Å². The van der Waals surface area contributed by atoms with Crippen LogP contribution in [-0.2, 0) is 27.4 Å². The van der Waals surface area contributed by atoms with Crippen molar-refractivity contribution in [3.8, 4) is 0 Å². The fraction of sp³-hybridized carbons (Fsp3) is 0.600. The van der Waals surface area contributed by atoms with Gasteiger partial charge in [0.2, 0.25) is 11.7 Å². The quantitative estimate of drug-likeness (QED) is 0.740. The Bertz CT molecular complexity index is 429. The highest BCUT2D eigenvalue weighted by Crippen LogP contribution is 2.17. The maximum absolute atomic E-state index is 11.9. The van der Waals surface area contributed by atoms with Crippen molar-refractivity contribution in [2.45, 2.75) is 19.4 Å². The summed E-state index contributed by atoms with van der Waals surface area (Å²) in [6, 6.07) is 0. The van der Waals surface area contributed by atoms with Crippen molar-refractivity contribution >= 4 is 5.97 Å². The molecule has 0 saturated carbocycles. The summed E-state index contributed by atoms with van der Waals surface area (Å²) in [6.07, 6.45) is -4.44. The Kier molecular flexibility index (Phi) is 5.31. The third kappa shape index (κ3) is 4.87. The number of hydrogen-bond donors (Lipinski definition) is 0. The number of nitrogens with zero attached hydrogens (tertiary/aromatic N) is 1. The van der Waals surface area contributed by atoms with Crippen LogP contribution < -0.4 is 0 Å². The molecule has 1 aromatic rings. The molecule has 1 rings (SSSR count). The zero-order valence-corrected chi connectivity index (χ0v) is 10.2. The predicted octanol–water partition coefficient (Wildman–Crippen LogP) is 1.69. The molecule has 19 heavy (non-hydrogen) atoms. The van der Waals surface area contributed by atoms with Crippen molar-refractivity contribution in [3.63, 3.8) is 0 Å². The van der Waals surface area contributed by atoms with Crippen LogP contribution in [0.1, 0.15) is 22.1 Å². The van der Waals surface area contributed by atoms with Crippen LogP contribution in [0.15, 0.2) is 4.42 Å². The van der Waals surface area contributed by atoms with E-state index in [1.54, 1.807) is 0 Å². The molecule has 0 amide bonds. The van der Waals surface area contributed by atoms with Gasteiger partial charge < -0.3 is 18.6 Å². The van der Waals surface area contributed by atoms with E-state index in [4.69, 9.17) is 9.15 Å². The van der Waals surface area contributed by atoms with E-state index in [2.05, 4.69) is 14.5 Å². The maximum atomic E-state index is 11.9. The van der Waals surface area contributed by atoms with Crippen molar-refractivity contribution in [3.05, 3.63) is 17.3 Å². The summed E-state index contributed by atoms with van der Waals surface area (Å²) in [7, 11) is 2.51. The van der Waals surface area contributed by atoms with Crippen LogP contribution in [0.2, 0.25) is 0 Å². The average molecular weight is 283 g/mol. The van der Waals surface area contributed by atoms with Crippen molar-refractivity contribution < 1.29 is 36.6 Å². The van der Waals surface area contributed by atoms with Crippen molar-refractivity contribution in [1.82, 2.24) is 4.98 Å². The summed E-state index contributed by atoms with van der Waals surface area (Å²) in [5.41, 5.74) is 0.139. The SMILES string of the molecule is COCc1nc(COCC(F)(F)F)oc1C(=O)OC. The summed E-state index contributed by atoms with van der Waals surface area (Å²) in [5.74, 6) is -1.16. The minimum Gasteiger partial charge on any atom is -0.463 e. The number of oxazole rings is 1. The fourth-order valence-corrected chi connectivity index (χ4v) is 1.20. The number of alkyl halides is 3. The van der Waals surface area contributed by atoms with E-state index in [0.29, 0.717) is 0 Å². The highest BCUT2D eigenvalue weighted by Gasteiger charge is 2.28. The molecule has 0 aromatic carbocycles. The molecule has 0 saturated heterocycles. The van der Waals surface area contributed by atoms with Crippen LogP contribution in [0, 0.1) is 0 Å². The van der Waals surface area contributed by atoms with Crippen LogP contribution in [0.3, 0.4) is 0 Å². The number of rotatable bonds is 6. The molecule has 0 spiro atoms. The van der Waals surface area contributed by atoms with Crippen LogP contribution >= 0.6 is 0 Å². The van der Waals surface area contributed by atoms with Crippen LogP contribution in [0.4, 0.5) is 13.2 Å². The molecule has 0 N–H and O–H groups in total. The van der Waals surface area contributed by atoms with Gasteiger partial charge >= 0.3 is 12.1 Å². The number of methoxy groups -OCH3 is 2. The molecule has 108 valence electrons. The molecule has 0 unspecified atom stereocenters. The second-order valence-electron chi connectivity index (χ2n) is 3.42. The molecule has 9 heteroatoms. The second kappa shape index (κ2) is 6.53. The van der Waals surface area contributed by atoms with Crippen molar-refractivity contribution in [2.24, 2.45) is 0 Å². The fourth-order valence-electron chi connectivity index (χ4n) is 1.20. The van der Waals surface area contributed by atoms with Gasteiger partial charge in [-0.3, -0.25) is 0 Å². The first kappa shape index (κ1) is 15.4. The van der Waals surface area contributed by atoms with E-state index >= 15 is 0 Å². The van der Waals surface area contributed by atoms with Gasteiger partial charge in [0, 0.05) is 7.11 Å². The number of halogens is 3. The smallest absolute Gasteiger partial charge is 0.411 e. The standard InChI is InChI=1S/C10H12F3NO5/c1-16-3-6-8(9(15)17-2)19-7(14-6)4-18-5-10(11,12)13/h3-5H2,1-2H3. The lowest BCUT2D eigenvalue weighted by Gasteiger charge is -2.04. The lowest BCUT2D eigenvalue weighted by Crippen LogP contribution is -2.16. The van der Waals surface area contributed by atoms with E-state index < -0.39 is 25.4 Å². The van der Waals surface area contributed by atoms with E-state index in [9.17, 15) is 18.0 Å². The summed E-state index contributed by atoms with van der Waals surface area (Å²) >= 11 is 0.